The maximum Gasteiger partial charge on any atom is 0.473 e. The van der Waals surface area contributed by atoms with E-state index < -0.39 is 32.4 Å². The molecule has 0 bridgehead atoms. The van der Waals surface area contributed by atoms with E-state index in [2.05, 4.69) is 11.8 Å². The van der Waals surface area contributed by atoms with Crippen molar-refractivity contribution in [3.63, 3.8) is 0 Å². The van der Waals surface area contributed by atoms with Crippen LogP contribution in [-0.2, 0) is 23.3 Å². The van der Waals surface area contributed by atoms with Crippen LogP contribution in [-0.4, -0.2) is 78.6 Å². The van der Waals surface area contributed by atoms with Crippen molar-refractivity contribution in [3.8, 4) is 0 Å². The number of Topliss-reactive ketones (excluding diaryl/α,β-unsaturated/α-hetero) is 1. The largest absolute Gasteiger partial charge is 0.473 e. The van der Waals surface area contributed by atoms with E-state index in [4.69, 9.17) is 14.3 Å². The highest BCUT2D eigenvalue weighted by molar-refractivity contribution is 7.47. The number of hydrogen-bond acceptors (Lipinski definition) is 7. The van der Waals surface area contributed by atoms with E-state index in [1.54, 1.807) is 0 Å². The van der Waals surface area contributed by atoms with Crippen LogP contribution in [0.5, 0.6) is 0 Å². The molecule has 2 unspecified atom stereocenters. The van der Waals surface area contributed by atoms with Gasteiger partial charge in [-0.15, -0.1) is 0 Å². The van der Waals surface area contributed by atoms with Gasteiger partial charge in [0.1, 0.15) is 19.3 Å². The minimum atomic E-state index is -4.58. The molecule has 210 valence electrons. The van der Waals surface area contributed by atoms with Crippen molar-refractivity contribution in [1.29, 1.82) is 0 Å². The van der Waals surface area contributed by atoms with E-state index in [1.807, 2.05) is 21.1 Å². The van der Waals surface area contributed by atoms with Gasteiger partial charge in [0.05, 0.1) is 27.7 Å². The molecule has 0 aliphatic rings. The summed E-state index contributed by atoms with van der Waals surface area (Å²) in [6.07, 6.45) is 13.7. The minimum absolute atomic E-state index is 0.0546. The first-order chi connectivity index (χ1) is 16.6. The fourth-order valence-corrected chi connectivity index (χ4v) is 4.67. The van der Waals surface area contributed by atoms with E-state index in [-0.39, 0.29) is 13.0 Å². The Bertz CT molecular complexity index is 566. The minimum Gasteiger partial charge on any atom is -0.393 e. The van der Waals surface area contributed by atoms with Crippen LogP contribution in [0.3, 0.4) is 0 Å². The zero-order valence-electron chi connectivity index (χ0n) is 22.7. The van der Waals surface area contributed by atoms with E-state index >= 15 is 0 Å². The molecule has 3 atom stereocenters. The molecule has 10 heteroatoms. The molecule has 35 heavy (non-hydrogen) atoms. The molecule has 0 aromatic heterocycles. The van der Waals surface area contributed by atoms with Crippen LogP contribution in [0.25, 0.3) is 0 Å². The van der Waals surface area contributed by atoms with Crippen LogP contribution in [0.15, 0.2) is 0 Å². The Hall–Kier alpha value is -0.380. The van der Waals surface area contributed by atoms with Crippen molar-refractivity contribution < 1.29 is 43.0 Å². The molecule has 0 aromatic rings. The number of ketones is 1. The maximum atomic E-state index is 12.6. The lowest BCUT2D eigenvalue weighted by molar-refractivity contribution is -0.870. The summed E-state index contributed by atoms with van der Waals surface area (Å²) >= 11 is 0. The van der Waals surface area contributed by atoms with Crippen molar-refractivity contribution in [2.75, 3.05) is 40.9 Å². The third-order valence-electron chi connectivity index (χ3n) is 6.01. The second-order valence-electron chi connectivity index (χ2n) is 10.5. The Labute approximate surface area is 213 Å². The van der Waals surface area contributed by atoms with Crippen LogP contribution in [0.1, 0.15) is 103 Å². The topological polar surface area (TPSA) is 123 Å². The van der Waals surface area contributed by atoms with Gasteiger partial charge in [0.2, 0.25) is 0 Å². The lowest BCUT2D eigenvalue weighted by atomic mass is 10.0. The fourth-order valence-electron chi connectivity index (χ4n) is 3.76. The molecule has 0 aliphatic carbocycles. The average molecular weight is 527 g/mol. The van der Waals surface area contributed by atoms with Gasteiger partial charge in [0, 0.05) is 6.42 Å². The Morgan fingerprint density at radius 2 is 1.31 bits per heavy atom. The lowest BCUT2D eigenvalue weighted by Crippen LogP contribution is -2.40. The zero-order chi connectivity index (χ0) is 26.6. The number of carbonyl (C=O) groups is 1. The van der Waals surface area contributed by atoms with Crippen molar-refractivity contribution in [2.24, 2.45) is 0 Å². The Morgan fingerprint density at radius 3 is 1.71 bits per heavy atom. The number of phosphoric ester groups is 1. The Morgan fingerprint density at radius 1 is 0.857 bits per heavy atom. The molecule has 0 aromatic carbocycles. The van der Waals surface area contributed by atoms with Crippen molar-refractivity contribution in [2.45, 2.75) is 115 Å². The van der Waals surface area contributed by atoms with E-state index in [1.165, 1.54) is 64.2 Å². The summed E-state index contributed by atoms with van der Waals surface area (Å²) in [7, 11) is 1.12. The number of aliphatic hydroxyl groups excluding tert-OH is 1. The second kappa shape index (κ2) is 20.7. The third kappa shape index (κ3) is 20.4. The predicted molar refractivity (Wildman–Crippen MR) is 138 cm³/mol. The molecule has 0 saturated carbocycles. The van der Waals surface area contributed by atoms with Gasteiger partial charge in [-0.2, -0.15) is 0 Å². The molecule has 0 radical (unpaired) electrons. The average Bonchev–Trinajstić information content (AvgIpc) is 2.78. The molecule has 0 fully saturated rings. The maximum absolute atomic E-state index is 12.6. The quantitative estimate of drug-likeness (QED) is 0.0469. The van der Waals surface area contributed by atoms with Crippen LogP contribution < -0.4 is 0 Å². The van der Waals surface area contributed by atoms with E-state index in [0.29, 0.717) is 17.4 Å². The second-order valence-corrected chi connectivity index (χ2v) is 11.9. The molecule has 0 heterocycles. The summed E-state index contributed by atoms with van der Waals surface area (Å²) in [5.74, 6) is -0.512. The van der Waals surface area contributed by atoms with Crippen molar-refractivity contribution >= 4 is 13.6 Å². The first-order valence-corrected chi connectivity index (χ1v) is 15.0. The molecular formula is C25H53NO8P+. The normalized spacial score (nSPS) is 15.6. The molecule has 0 rings (SSSR count). The van der Waals surface area contributed by atoms with E-state index in [9.17, 15) is 19.4 Å². The summed E-state index contributed by atoms with van der Waals surface area (Å²) in [5, 5.41) is 18.4. The smallest absolute Gasteiger partial charge is 0.393 e. The number of phosphoric acid groups is 1. The van der Waals surface area contributed by atoms with Gasteiger partial charge >= 0.3 is 7.82 Å². The van der Waals surface area contributed by atoms with Gasteiger partial charge in [-0.25, -0.2) is 9.45 Å². The number of aliphatic hydroxyl groups is 1. The number of nitrogens with zero attached hydrogens (tertiary/aromatic N) is 1. The summed E-state index contributed by atoms with van der Waals surface area (Å²) in [6, 6.07) is 0. The van der Waals surface area contributed by atoms with Crippen LogP contribution >= 0.6 is 7.82 Å². The van der Waals surface area contributed by atoms with Crippen molar-refractivity contribution in [3.05, 3.63) is 0 Å². The molecule has 0 spiro atoms. The number of carbonyl (C=O) groups excluding carboxylic acids is 1. The van der Waals surface area contributed by atoms with Gasteiger partial charge < -0.3 is 14.5 Å². The zero-order valence-corrected chi connectivity index (χ0v) is 23.6. The Kier molecular flexibility index (Phi) is 20.4. The highest BCUT2D eigenvalue weighted by atomic mass is 31.2. The lowest BCUT2D eigenvalue weighted by Gasteiger charge is -2.26. The summed E-state index contributed by atoms with van der Waals surface area (Å²) in [4.78, 5) is 26.7. The van der Waals surface area contributed by atoms with Gasteiger partial charge in [-0.05, 0) is 6.42 Å². The number of unbranched alkanes of at least 4 members (excludes halogenated alkanes) is 13. The number of likely N-dealkylation sites (N-methyl/N-ethyl adjacent to an activating group) is 1. The highest BCUT2D eigenvalue weighted by Gasteiger charge is 2.37. The first kappa shape index (κ1) is 34.6. The van der Waals surface area contributed by atoms with E-state index in [0.717, 1.165) is 19.3 Å². The number of quaternary nitrogens is 1. The molecular weight excluding hydrogens is 473 g/mol. The highest BCUT2D eigenvalue weighted by Crippen LogP contribution is 2.45. The number of rotatable bonds is 25. The third-order valence-corrected chi connectivity index (χ3v) is 7.01. The molecule has 0 aliphatic heterocycles. The molecule has 0 saturated heterocycles. The van der Waals surface area contributed by atoms with Crippen LogP contribution in [0, 0.1) is 0 Å². The summed E-state index contributed by atoms with van der Waals surface area (Å²) in [6.45, 7) is 1.89. The molecule has 0 amide bonds. The van der Waals surface area contributed by atoms with Crippen molar-refractivity contribution in [1.82, 2.24) is 0 Å². The van der Waals surface area contributed by atoms with Crippen LogP contribution in [0.2, 0.25) is 0 Å². The first-order valence-electron chi connectivity index (χ1n) is 13.5. The summed E-state index contributed by atoms with van der Waals surface area (Å²) < 4.78 is 22.8. The van der Waals surface area contributed by atoms with Crippen LogP contribution in [0.4, 0.5) is 0 Å². The molecule has 9 nitrogen and oxygen atoms in total. The SMILES string of the molecule is CCCCCCCCCCCCCCCCC(=O)C(OP(=O)(O)OCC[N+](C)(C)C)[C@H](CO)OO. The van der Waals surface area contributed by atoms with Gasteiger partial charge in [-0.1, -0.05) is 90.4 Å². The standard InChI is InChI=1S/C25H52NO8P/c1-5-6-7-8-9-10-11-12-13-14-15-16-17-18-19-23(28)25(24(22-27)33-29)34-35(30,31)32-21-20-26(2,3)4/h24-25,27H,5-22H2,1-4H3,(H-,29,30,31)/p+1/t24-,25?/m0/s1. The monoisotopic (exact) mass is 526 g/mol. The molecule has 3 N–H and O–H groups in total. The van der Waals surface area contributed by atoms with Gasteiger partial charge in [0.25, 0.3) is 0 Å². The fraction of sp³-hybridized carbons (Fsp3) is 0.960. The predicted octanol–water partition coefficient (Wildman–Crippen LogP) is 5.49. The number of hydrogen-bond donors (Lipinski definition) is 3. The Balaban J connectivity index is 4.17. The van der Waals surface area contributed by atoms with Gasteiger partial charge in [-0.3, -0.25) is 19.1 Å². The summed E-state index contributed by atoms with van der Waals surface area (Å²) in [5.41, 5.74) is 0. The van der Waals surface area contributed by atoms with Gasteiger partial charge in [0.15, 0.2) is 11.9 Å².